The number of rotatable bonds is 4. The molecule has 2 aromatic rings. The van der Waals surface area contributed by atoms with E-state index in [1.165, 1.54) is 24.3 Å². The zero-order chi connectivity index (χ0) is 21.9. The molecule has 1 saturated carbocycles. The number of amides is 1. The first-order valence-corrected chi connectivity index (χ1v) is 12.1. The van der Waals surface area contributed by atoms with E-state index in [1.807, 2.05) is 0 Å². The molecular formula is C20H19FN2O5S2. The van der Waals surface area contributed by atoms with Gasteiger partial charge in [0.2, 0.25) is 10.0 Å². The fraction of sp³-hybridized carbons (Fsp3) is 0.250. The lowest BCUT2D eigenvalue weighted by atomic mass is 10.1. The number of halogens is 1. The van der Waals surface area contributed by atoms with Crippen molar-refractivity contribution in [3.63, 3.8) is 0 Å². The van der Waals surface area contributed by atoms with Crippen LogP contribution in [-0.4, -0.2) is 22.7 Å². The Morgan fingerprint density at radius 1 is 1.03 bits per heavy atom. The molecule has 7 nitrogen and oxygen atoms in total. The van der Waals surface area contributed by atoms with Crippen LogP contribution in [0.1, 0.15) is 41.6 Å². The van der Waals surface area contributed by atoms with Gasteiger partial charge in [0.25, 0.3) is 15.9 Å². The van der Waals surface area contributed by atoms with Crippen LogP contribution >= 0.6 is 0 Å². The third kappa shape index (κ3) is 5.05. The van der Waals surface area contributed by atoms with Gasteiger partial charge in [-0.05, 0) is 43.2 Å². The number of carbonyl (C=O) groups is 1. The standard InChI is InChI=1S/C20H19FN2O5S2/c21-17-13-16(12-11-15(17)10-9-14-5-1-2-6-14)20(24)23-30(27,28)19-8-4-3-7-18(19)29(22,25)26/h3-4,7-8,11-14H,1-2,5-6H2,(H,23,24)(H2,22,25,26). The molecule has 0 bridgehead atoms. The lowest BCUT2D eigenvalue weighted by Crippen LogP contribution is -2.32. The molecule has 0 aliphatic heterocycles. The molecule has 158 valence electrons. The number of sulfonamides is 2. The van der Waals surface area contributed by atoms with Gasteiger partial charge in [-0.3, -0.25) is 4.79 Å². The van der Waals surface area contributed by atoms with Gasteiger partial charge in [-0.25, -0.2) is 31.1 Å². The van der Waals surface area contributed by atoms with E-state index in [-0.39, 0.29) is 17.0 Å². The average molecular weight is 451 g/mol. The van der Waals surface area contributed by atoms with Crippen LogP contribution in [0, 0.1) is 23.6 Å². The van der Waals surface area contributed by atoms with Crippen LogP contribution in [-0.2, 0) is 20.0 Å². The monoisotopic (exact) mass is 450 g/mol. The smallest absolute Gasteiger partial charge is 0.265 e. The molecule has 3 N–H and O–H groups in total. The van der Waals surface area contributed by atoms with E-state index >= 15 is 0 Å². The van der Waals surface area contributed by atoms with Crippen molar-refractivity contribution in [3.8, 4) is 11.8 Å². The first kappa shape index (κ1) is 22.0. The number of hydrogen-bond acceptors (Lipinski definition) is 5. The SMILES string of the molecule is NS(=O)(=O)c1ccccc1S(=O)(=O)NC(=O)c1ccc(C#CC2CCCC2)c(F)c1. The summed E-state index contributed by atoms with van der Waals surface area (Å²) in [5.41, 5.74) is -0.142. The van der Waals surface area contributed by atoms with Gasteiger partial charge in [0, 0.05) is 11.5 Å². The van der Waals surface area contributed by atoms with Crippen LogP contribution in [0.25, 0.3) is 0 Å². The minimum atomic E-state index is -4.57. The van der Waals surface area contributed by atoms with Crippen molar-refractivity contribution >= 4 is 26.0 Å². The maximum absolute atomic E-state index is 14.3. The quantitative estimate of drug-likeness (QED) is 0.691. The van der Waals surface area contributed by atoms with Gasteiger partial charge in [0.15, 0.2) is 0 Å². The van der Waals surface area contributed by atoms with Crippen LogP contribution in [0.2, 0.25) is 0 Å². The Morgan fingerprint density at radius 2 is 1.67 bits per heavy atom. The number of nitrogens with one attached hydrogen (secondary N) is 1. The summed E-state index contributed by atoms with van der Waals surface area (Å²) in [4.78, 5) is 11.0. The van der Waals surface area contributed by atoms with E-state index in [0.717, 1.165) is 43.9 Å². The molecule has 10 heteroatoms. The third-order valence-electron chi connectivity index (χ3n) is 4.67. The fourth-order valence-electron chi connectivity index (χ4n) is 3.15. The molecule has 0 atom stereocenters. The number of hydrogen-bond donors (Lipinski definition) is 2. The van der Waals surface area contributed by atoms with Gasteiger partial charge in [-0.15, -0.1) is 0 Å². The van der Waals surface area contributed by atoms with Crippen molar-refractivity contribution in [2.24, 2.45) is 11.1 Å². The number of carbonyl (C=O) groups excluding carboxylic acids is 1. The molecule has 3 rings (SSSR count). The Kier molecular flexibility index (Phi) is 6.26. The highest BCUT2D eigenvalue weighted by molar-refractivity contribution is 7.92. The highest BCUT2D eigenvalue weighted by Crippen LogP contribution is 2.24. The number of primary sulfonamides is 1. The zero-order valence-corrected chi connectivity index (χ0v) is 17.4. The molecule has 30 heavy (non-hydrogen) atoms. The normalized spacial score (nSPS) is 14.7. The maximum Gasteiger partial charge on any atom is 0.265 e. The Balaban J connectivity index is 1.83. The Hall–Kier alpha value is -2.74. The number of benzene rings is 2. The topological polar surface area (TPSA) is 123 Å². The predicted molar refractivity (Wildman–Crippen MR) is 108 cm³/mol. The van der Waals surface area contributed by atoms with E-state index in [9.17, 15) is 26.0 Å². The van der Waals surface area contributed by atoms with Crippen molar-refractivity contribution < 1.29 is 26.0 Å². The second-order valence-electron chi connectivity index (χ2n) is 6.87. The highest BCUT2D eigenvalue weighted by atomic mass is 32.2. The minimum absolute atomic E-state index is 0.112. The van der Waals surface area contributed by atoms with Gasteiger partial charge in [0.05, 0.1) is 5.56 Å². The van der Waals surface area contributed by atoms with E-state index in [0.29, 0.717) is 0 Å². The largest absolute Gasteiger partial charge is 0.268 e. The third-order valence-corrected chi connectivity index (χ3v) is 7.16. The Morgan fingerprint density at radius 3 is 2.27 bits per heavy atom. The summed E-state index contributed by atoms with van der Waals surface area (Å²) in [6, 6.07) is 8.01. The summed E-state index contributed by atoms with van der Waals surface area (Å²) in [6.07, 6.45) is 4.16. The average Bonchev–Trinajstić information content (AvgIpc) is 3.19. The van der Waals surface area contributed by atoms with Crippen molar-refractivity contribution in [2.45, 2.75) is 35.5 Å². The molecule has 0 heterocycles. The molecule has 0 radical (unpaired) electrons. The van der Waals surface area contributed by atoms with E-state index < -0.39 is 41.6 Å². The Labute approximate surface area is 174 Å². The second kappa shape index (κ2) is 8.55. The van der Waals surface area contributed by atoms with Gasteiger partial charge in [0.1, 0.15) is 15.6 Å². The van der Waals surface area contributed by atoms with Gasteiger partial charge in [-0.2, -0.15) is 0 Å². The summed E-state index contributed by atoms with van der Waals surface area (Å²) < 4.78 is 64.4. The molecule has 1 amide bonds. The van der Waals surface area contributed by atoms with E-state index in [2.05, 4.69) is 11.8 Å². The van der Waals surface area contributed by atoms with Crippen molar-refractivity contribution in [1.82, 2.24) is 4.72 Å². The summed E-state index contributed by atoms with van der Waals surface area (Å²) in [5.74, 6) is 4.14. The van der Waals surface area contributed by atoms with Crippen molar-refractivity contribution in [1.29, 1.82) is 0 Å². The predicted octanol–water partition coefficient (Wildman–Crippen LogP) is 2.13. The molecule has 1 aliphatic rings. The first-order valence-electron chi connectivity index (χ1n) is 9.08. The van der Waals surface area contributed by atoms with E-state index in [4.69, 9.17) is 5.14 Å². The lowest BCUT2D eigenvalue weighted by Gasteiger charge is -2.10. The molecule has 0 aromatic heterocycles. The van der Waals surface area contributed by atoms with Crippen molar-refractivity contribution in [2.75, 3.05) is 0 Å². The summed E-state index contributed by atoms with van der Waals surface area (Å²) >= 11 is 0. The summed E-state index contributed by atoms with van der Waals surface area (Å²) in [7, 11) is -8.92. The first-order chi connectivity index (χ1) is 14.1. The second-order valence-corrected chi connectivity index (χ2v) is 10.1. The lowest BCUT2D eigenvalue weighted by molar-refractivity contribution is 0.0981. The van der Waals surface area contributed by atoms with Crippen LogP contribution in [0.5, 0.6) is 0 Å². The van der Waals surface area contributed by atoms with Gasteiger partial charge in [-0.1, -0.05) is 36.8 Å². The zero-order valence-electron chi connectivity index (χ0n) is 15.8. The van der Waals surface area contributed by atoms with Crippen LogP contribution in [0.15, 0.2) is 52.3 Å². The minimum Gasteiger partial charge on any atom is -0.268 e. The molecular weight excluding hydrogens is 431 g/mol. The van der Waals surface area contributed by atoms with E-state index in [1.54, 1.807) is 4.72 Å². The molecule has 1 fully saturated rings. The molecule has 2 aromatic carbocycles. The summed E-state index contributed by atoms with van der Waals surface area (Å²) in [6.45, 7) is 0. The van der Waals surface area contributed by atoms with Gasteiger partial charge >= 0.3 is 0 Å². The van der Waals surface area contributed by atoms with Crippen LogP contribution < -0.4 is 9.86 Å². The molecule has 1 aliphatic carbocycles. The van der Waals surface area contributed by atoms with Crippen molar-refractivity contribution in [3.05, 3.63) is 59.4 Å². The van der Waals surface area contributed by atoms with Crippen LogP contribution in [0.3, 0.4) is 0 Å². The number of nitrogens with two attached hydrogens (primary N) is 1. The summed E-state index contributed by atoms with van der Waals surface area (Å²) in [5, 5.41) is 5.04. The van der Waals surface area contributed by atoms with Crippen LogP contribution in [0.4, 0.5) is 4.39 Å². The maximum atomic E-state index is 14.3. The van der Waals surface area contributed by atoms with Gasteiger partial charge < -0.3 is 0 Å². The Bertz CT molecular complexity index is 1260. The molecule has 0 unspecified atom stereocenters. The molecule has 0 saturated heterocycles. The fourth-order valence-corrected chi connectivity index (χ4v) is 5.51. The molecule has 0 spiro atoms. The highest BCUT2D eigenvalue weighted by Gasteiger charge is 2.26.